The number of pyridine rings is 1. The molecule has 2 aromatic rings. The number of nitrogens with two attached hydrogens (primary N) is 1. The average Bonchev–Trinajstić information content (AvgIpc) is 2.85. The molecule has 1 saturated carbocycles. The first kappa shape index (κ1) is 22.8. The van der Waals surface area contributed by atoms with Crippen LogP contribution in [0.5, 0.6) is 0 Å². The number of hydrogen-bond donors (Lipinski definition) is 2. The maximum atomic E-state index is 12.4. The van der Waals surface area contributed by atoms with Gasteiger partial charge in [0.25, 0.3) is 0 Å². The number of carbonyl (C=O) groups is 2. The number of imide groups is 1. The summed E-state index contributed by atoms with van der Waals surface area (Å²) in [4.78, 5) is 32.5. The van der Waals surface area contributed by atoms with Gasteiger partial charge in [-0.25, -0.2) is 4.79 Å². The van der Waals surface area contributed by atoms with Crippen molar-refractivity contribution in [2.24, 2.45) is 17.6 Å². The van der Waals surface area contributed by atoms with Crippen molar-refractivity contribution in [1.29, 1.82) is 0 Å². The highest BCUT2D eigenvalue weighted by atomic mass is 16.2. The number of anilines is 1. The molecule has 3 amide bonds. The van der Waals surface area contributed by atoms with Gasteiger partial charge >= 0.3 is 6.03 Å². The molecular weight excluding hydrogens is 426 g/mol. The molecule has 0 unspecified atom stereocenters. The summed E-state index contributed by atoms with van der Waals surface area (Å²) in [6.45, 7) is 3.80. The van der Waals surface area contributed by atoms with E-state index in [4.69, 9.17) is 5.73 Å². The molecular formula is C27H33N5O2. The summed E-state index contributed by atoms with van der Waals surface area (Å²) in [6, 6.07) is 5.99. The minimum absolute atomic E-state index is 0.241. The maximum absolute atomic E-state index is 12.4. The van der Waals surface area contributed by atoms with E-state index in [1.807, 2.05) is 24.4 Å². The molecule has 5 rings (SSSR count). The van der Waals surface area contributed by atoms with E-state index in [-0.39, 0.29) is 12.3 Å². The predicted octanol–water partition coefficient (Wildman–Crippen LogP) is 3.26. The Morgan fingerprint density at radius 2 is 1.79 bits per heavy atom. The number of rotatable bonds is 3. The molecule has 178 valence electrons. The summed E-state index contributed by atoms with van der Waals surface area (Å²) in [5, 5.41) is 4.25. The highest BCUT2D eigenvalue weighted by Gasteiger charge is 2.26. The highest BCUT2D eigenvalue weighted by Crippen LogP contribution is 2.29. The van der Waals surface area contributed by atoms with Gasteiger partial charge in [-0.05, 0) is 63.6 Å². The van der Waals surface area contributed by atoms with Crippen molar-refractivity contribution >= 4 is 28.4 Å². The third-order valence-corrected chi connectivity index (χ3v) is 7.53. The zero-order valence-corrected chi connectivity index (χ0v) is 19.6. The van der Waals surface area contributed by atoms with Crippen molar-refractivity contribution in [3.8, 4) is 11.8 Å². The van der Waals surface area contributed by atoms with Crippen molar-refractivity contribution in [1.82, 2.24) is 15.2 Å². The molecule has 0 radical (unpaired) electrons. The van der Waals surface area contributed by atoms with Crippen LogP contribution in [0.4, 0.5) is 10.5 Å². The lowest BCUT2D eigenvalue weighted by Gasteiger charge is -2.35. The van der Waals surface area contributed by atoms with Gasteiger partial charge in [-0.2, -0.15) is 0 Å². The second kappa shape index (κ2) is 10.1. The molecule has 2 saturated heterocycles. The topological polar surface area (TPSA) is 91.6 Å². The van der Waals surface area contributed by atoms with Crippen LogP contribution in [-0.2, 0) is 4.79 Å². The summed E-state index contributed by atoms with van der Waals surface area (Å²) in [5.74, 6) is 7.90. The first-order valence-corrected chi connectivity index (χ1v) is 12.5. The van der Waals surface area contributed by atoms with E-state index < -0.39 is 6.03 Å². The number of piperidine rings is 1. The number of amides is 3. The van der Waals surface area contributed by atoms with Crippen LogP contribution in [0.25, 0.3) is 10.8 Å². The molecule has 34 heavy (non-hydrogen) atoms. The first-order chi connectivity index (χ1) is 16.6. The zero-order chi connectivity index (χ0) is 23.5. The Labute approximate surface area is 201 Å². The minimum atomic E-state index is -0.398. The first-order valence-electron chi connectivity index (χ1n) is 12.5. The highest BCUT2D eigenvalue weighted by molar-refractivity contribution is 6.10. The van der Waals surface area contributed by atoms with E-state index in [0.717, 1.165) is 48.2 Å². The number of hydrogen-bond acceptors (Lipinski definition) is 5. The molecule has 7 heteroatoms. The number of urea groups is 1. The van der Waals surface area contributed by atoms with Gasteiger partial charge in [-0.1, -0.05) is 24.0 Å². The van der Waals surface area contributed by atoms with E-state index >= 15 is 0 Å². The molecule has 0 atom stereocenters. The van der Waals surface area contributed by atoms with Crippen molar-refractivity contribution in [2.75, 3.05) is 31.1 Å². The summed E-state index contributed by atoms with van der Waals surface area (Å²) in [5.41, 5.74) is 7.70. The molecule has 1 aliphatic carbocycles. The molecule has 3 N–H and O–H groups in total. The second-order valence-corrected chi connectivity index (χ2v) is 9.94. The molecule has 3 aliphatic rings. The van der Waals surface area contributed by atoms with E-state index in [0.29, 0.717) is 24.2 Å². The van der Waals surface area contributed by atoms with Crippen LogP contribution >= 0.6 is 0 Å². The lowest BCUT2D eigenvalue weighted by Crippen LogP contribution is -2.49. The Hall–Kier alpha value is -2.95. The molecule has 2 aliphatic heterocycles. The smallest absolute Gasteiger partial charge is 0.328 e. The van der Waals surface area contributed by atoms with Gasteiger partial charge in [-0.15, -0.1) is 0 Å². The van der Waals surface area contributed by atoms with E-state index in [2.05, 4.69) is 27.0 Å². The van der Waals surface area contributed by atoms with Gasteiger partial charge in [0.05, 0.1) is 11.9 Å². The predicted molar refractivity (Wildman–Crippen MR) is 133 cm³/mol. The molecule has 0 spiro atoms. The Bertz CT molecular complexity index is 1120. The third-order valence-electron chi connectivity index (χ3n) is 7.53. The number of aromatic nitrogens is 1. The van der Waals surface area contributed by atoms with Gasteiger partial charge in [0.1, 0.15) is 0 Å². The van der Waals surface area contributed by atoms with Crippen LogP contribution < -0.4 is 16.0 Å². The Morgan fingerprint density at radius 1 is 1.00 bits per heavy atom. The standard InChI is InChI=1S/C27H33N5O2/c28-22-8-5-20(6-9-22)18-31-13-10-19(11-14-31)4-7-21-2-1-3-23-24(21)16-29-17-25(23)32-15-12-26(33)30-27(32)34/h1-3,16-17,19-20,22H,5-6,8-15,18,28H2,(H,30,33,34). The number of benzene rings is 1. The molecule has 7 nitrogen and oxygen atoms in total. The van der Waals surface area contributed by atoms with E-state index in [9.17, 15) is 9.59 Å². The summed E-state index contributed by atoms with van der Waals surface area (Å²) < 4.78 is 0. The van der Waals surface area contributed by atoms with Gasteiger partial charge < -0.3 is 10.6 Å². The van der Waals surface area contributed by atoms with Gasteiger partial charge in [0, 0.05) is 54.0 Å². The summed E-state index contributed by atoms with van der Waals surface area (Å²) in [7, 11) is 0. The normalized spacial score (nSPS) is 24.6. The van der Waals surface area contributed by atoms with Crippen molar-refractivity contribution in [3.05, 3.63) is 36.2 Å². The number of likely N-dealkylation sites (tertiary alicyclic amines) is 1. The fraction of sp³-hybridized carbons (Fsp3) is 0.519. The maximum Gasteiger partial charge on any atom is 0.328 e. The van der Waals surface area contributed by atoms with Crippen LogP contribution in [0.15, 0.2) is 30.6 Å². The van der Waals surface area contributed by atoms with Crippen LogP contribution in [-0.4, -0.2) is 54.0 Å². The van der Waals surface area contributed by atoms with Gasteiger partial charge in [0.2, 0.25) is 5.91 Å². The van der Waals surface area contributed by atoms with E-state index in [1.54, 1.807) is 11.1 Å². The van der Waals surface area contributed by atoms with Crippen molar-refractivity contribution in [2.45, 2.75) is 51.0 Å². The third kappa shape index (κ3) is 5.08. The zero-order valence-electron chi connectivity index (χ0n) is 19.6. The quantitative estimate of drug-likeness (QED) is 0.688. The second-order valence-electron chi connectivity index (χ2n) is 9.94. The van der Waals surface area contributed by atoms with Gasteiger partial charge in [0.15, 0.2) is 0 Å². The number of nitrogens with one attached hydrogen (secondary N) is 1. The Morgan fingerprint density at radius 3 is 2.56 bits per heavy atom. The summed E-state index contributed by atoms with van der Waals surface area (Å²) >= 11 is 0. The number of carbonyl (C=O) groups excluding carboxylic acids is 2. The monoisotopic (exact) mass is 459 g/mol. The fourth-order valence-corrected chi connectivity index (χ4v) is 5.47. The molecule has 1 aromatic heterocycles. The fourth-order valence-electron chi connectivity index (χ4n) is 5.47. The number of fused-ring (bicyclic) bond motifs is 1. The van der Waals surface area contributed by atoms with E-state index in [1.165, 1.54) is 32.2 Å². The Balaban J connectivity index is 1.25. The molecule has 3 fully saturated rings. The lowest BCUT2D eigenvalue weighted by molar-refractivity contribution is -0.120. The van der Waals surface area contributed by atoms with Crippen molar-refractivity contribution < 1.29 is 9.59 Å². The summed E-state index contributed by atoms with van der Waals surface area (Å²) in [6.07, 6.45) is 10.9. The van der Waals surface area contributed by atoms with Crippen LogP contribution in [0, 0.1) is 23.7 Å². The number of nitrogens with zero attached hydrogens (tertiary/aromatic N) is 3. The van der Waals surface area contributed by atoms with Crippen LogP contribution in [0.2, 0.25) is 0 Å². The largest absolute Gasteiger partial charge is 0.328 e. The SMILES string of the molecule is NC1CCC(CN2CCC(C#Cc3cccc4c(N5CCC(=O)NC5=O)cncc34)CC2)CC1. The molecule has 0 bridgehead atoms. The lowest BCUT2D eigenvalue weighted by atomic mass is 9.85. The average molecular weight is 460 g/mol. The molecule has 3 heterocycles. The Kier molecular flexibility index (Phi) is 6.80. The van der Waals surface area contributed by atoms with Crippen LogP contribution in [0.3, 0.4) is 0 Å². The van der Waals surface area contributed by atoms with Gasteiger partial charge in [-0.3, -0.25) is 20.0 Å². The minimum Gasteiger partial charge on any atom is -0.328 e. The van der Waals surface area contributed by atoms with Crippen LogP contribution in [0.1, 0.15) is 50.5 Å². The van der Waals surface area contributed by atoms with Crippen molar-refractivity contribution in [3.63, 3.8) is 0 Å². The molecule has 1 aromatic carbocycles.